The lowest BCUT2D eigenvalue weighted by atomic mass is 10.0. The highest BCUT2D eigenvalue weighted by Gasteiger charge is 2.14. The summed E-state index contributed by atoms with van der Waals surface area (Å²) in [7, 11) is 0. The Balaban J connectivity index is 1.83. The number of fused-ring (bicyclic) bond motifs is 1. The van der Waals surface area contributed by atoms with Crippen LogP contribution < -0.4 is 10.6 Å². The topological polar surface area (TPSA) is 41.1 Å². The molecule has 132 valence electrons. The molecule has 0 unspecified atom stereocenters. The molecule has 0 saturated heterocycles. The summed E-state index contributed by atoms with van der Waals surface area (Å²) < 4.78 is 0. The van der Waals surface area contributed by atoms with Gasteiger partial charge in [0.25, 0.3) is 5.91 Å². The highest BCUT2D eigenvalue weighted by molar-refractivity contribution is 7.80. The van der Waals surface area contributed by atoms with E-state index >= 15 is 0 Å². The Bertz CT molecular complexity index is 1020. The van der Waals surface area contributed by atoms with Crippen molar-refractivity contribution in [1.29, 1.82) is 0 Å². The Kier molecular flexibility index (Phi) is 5.90. The second-order valence-electron chi connectivity index (χ2n) is 5.29. The molecule has 0 aliphatic rings. The Labute approximate surface area is 175 Å². The van der Waals surface area contributed by atoms with Crippen molar-refractivity contribution in [3.63, 3.8) is 0 Å². The van der Waals surface area contributed by atoms with Crippen LogP contribution in [0.15, 0.2) is 48.5 Å². The molecule has 3 aromatic carbocycles. The molecular weight excluding hydrogens is 434 g/mol. The maximum Gasteiger partial charge on any atom is 0.258 e. The summed E-state index contributed by atoms with van der Waals surface area (Å²) in [4.78, 5) is 12.6. The number of amides is 1. The van der Waals surface area contributed by atoms with E-state index in [9.17, 15) is 4.79 Å². The number of carbonyl (C=O) groups is 1. The van der Waals surface area contributed by atoms with Crippen LogP contribution in [0.25, 0.3) is 10.8 Å². The van der Waals surface area contributed by atoms with Crippen molar-refractivity contribution in [2.45, 2.75) is 0 Å². The summed E-state index contributed by atoms with van der Waals surface area (Å²) in [6.45, 7) is 0. The monoisotopic (exact) mass is 442 g/mol. The van der Waals surface area contributed by atoms with Crippen LogP contribution in [0.2, 0.25) is 20.1 Å². The molecule has 3 rings (SSSR count). The van der Waals surface area contributed by atoms with Crippen molar-refractivity contribution in [3.8, 4) is 0 Å². The number of thiocarbonyl (C=S) groups is 1. The number of rotatable bonds is 2. The minimum absolute atomic E-state index is 0.0557. The molecule has 0 atom stereocenters. The first-order valence-corrected chi connectivity index (χ1v) is 9.23. The van der Waals surface area contributed by atoms with E-state index in [0.29, 0.717) is 21.3 Å². The van der Waals surface area contributed by atoms with Crippen molar-refractivity contribution in [3.05, 3.63) is 74.2 Å². The quantitative estimate of drug-likeness (QED) is 0.439. The van der Waals surface area contributed by atoms with Gasteiger partial charge in [-0.1, -0.05) is 70.7 Å². The SMILES string of the molecule is O=C(NC(=S)Nc1c(Cl)cc(Cl)cc1Cl)c1cccc2c(Cl)cccc12. The van der Waals surface area contributed by atoms with Crippen LogP contribution in [-0.2, 0) is 0 Å². The number of hydrogen-bond donors (Lipinski definition) is 2. The van der Waals surface area contributed by atoms with Gasteiger partial charge < -0.3 is 5.32 Å². The van der Waals surface area contributed by atoms with Crippen molar-refractivity contribution >= 4 is 86.1 Å². The Morgan fingerprint density at radius 1 is 0.846 bits per heavy atom. The van der Waals surface area contributed by atoms with Gasteiger partial charge in [0.05, 0.1) is 15.7 Å². The zero-order valence-corrected chi connectivity index (χ0v) is 16.8. The van der Waals surface area contributed by atoms with Gasteiger partial charge in [0.1, 0.15) is 0 Å². The predicted molar refractivity (Wildman–Crippen MR) is 114 cm³/mol. The minimum Gasteiger partial charge on any atom is -0.330 e. The zero-order valence-electron chi connectivity index (χ0n) is 12.9. The fraction of sp³-hybridized carbons (Fsp3) is 0. The van der Waals surface area contributed by atoms with E-state index in [1.807, 2.05) is 12.1 Å². The molecule has 8 heteroatoms. The molecule has 2 N–H and O–H groups in total. The van der Waals surface area contributed by atoms with Crippen LogP contribution in [0.1, 0.15) is 10.4 Å². The Hall–Kier alpha value is -1.56. The molecule has 0 saturated carbocycles. The van der Waals surface area contributed by atoms with Gasteiger partial charge >= 0.3 is 0 Å². The first-order chi connectivity index (χ1) is 12.4. The summed E-state index contributed by atoms with van der Waals surface area (Å²) in [5.74, 6) is -0.378. The van der Waals surface area contributed by atoms with E-state index in [1.54, 1.807) is 24.3 Å². The number of hydrogen-bond acceptors (Lipinski definition) is 2. The smallest absolute Gasteiger partial charge is 0.258 e. The lowest BCUT2D eigenvalue weighted by Crippen LogP contribution is -2.34. The lowest BCUT2D eigenvalue weighted by molar-refractivity contribution is 0.0979. The highest BCUT2D eigenvalue weighted by Crippen LogP contribution is 2.33. The largest absolute Gasteiger partial charge is 0.330 e. The first kappa shape index (κ1) is 19.2. The van der Waals surface area contributed by atoms with Gasteiger partial charge in [0, 0.05) is 21.0 Å². The third-order valence-corrected chi connectivity index (χ3v) is 4.93. The molecule has 26 heavy (non-hydrogen) atoms. The average molecular weight is 444 g/mol. The predicted octanol–water partition coefficient (Wildman–Crippen LogP) is 6.58. The fourth-order valence-corrected chi connectivity index (χ4v) is 3.79. The van der Waals surface area contributed by atoms with E-state index in [-0.39, 0.29) is 21.1 Å². The Morgan fingerprint density at radius 3 is 2.15 bits per heavy atom. The third kappa shape index (κ3) is 4.05. The number of halogens is 4. The molecular formula is C18H10Cl4N2OS. The molecule has 0 aliphatic carbocycles. The van der Waals surface area contributed by atoms with Gasteiger partial charge in [-0.25, -0.2) is 0 Å². The molecule has 0 radical (unpaired) electrons. The van der Waals surface area contributed by atoms with Gasteiger partial charge in [-0.15, -0.1) is 0 Å². The first-order valence-electron chi connectivity index (χ1n) is 7.31. The summed E-state index contributed by atoms with van der Waals surface area (Å²) in [5, 5.41) is 8.53. The number of anilines is 1. The normalized spacial score (nSPS) is 10.6. The highest BCUT2D eigenvalue weighted by atomic mass is 35.5. The maximum atomic E-state index is 12.6. The van der Waals surface area contributed by atoms with Gasteiger partial charge in [-0.3, -0.25) is 10.1 Å². The Morgan fingerprint density at radius 2 is 1.46 bits per heavy atom. The molecule has 3 nitrogen and oxygen atoms in total. The van der Waals surface area contributed by atoms with Crippen LogP contribution in [0.5, 0.6) is 0 Å². The molecule has 0 aliphatic heterocycles. The number of benzene rings is 3. The second-order valence-corrected chi connectivity index (χ2v) is 7.36. The van der Waals surface area contributed by atoms with Crippen molar-refractivity contribution in [1.82, 2.24) is 5.32 Å². The van der Waals surface area contributed by atoms with Gasteiger partial charge in [0.15, 0.2) is 5.11 Å². The molecule has 3 aromatic rings. The van der Waals surface area contributed by atoms with Crippen LogP contribution in [-0.4, -0.2) is 11.0 Å². The van der Waals surface area contributed by atoms with Gasteiger partial charge in [-0.05, 0) is 41.9 Å². The number of carbonyl (C=O) groups excluding carboxylic acids is 1. The van der Waals surface area contributed by atoms with Gasteiger partial charge in [0.2, 0.25) is 0 Å². The molecule has 0 spiro atoms. The standard InChI is InChI=1S/C18H10Cl4N2OS/c19-9-7-14(21)16(15(22)8-9)23-18(26)24-17(25)12-5-1-4-11-10(12)3-2-6-13(11)20/h1-8H,(H2,23,24,25,26). The molecule has 0 heterocycles. The molecule has 0 bridgehead atoms. The number of nitrogens with one attached hydrogen (secondary N) is 2. The summed E-state index contributed by atoms with van der Waals surface area (Å²) in [6.07, 6.45) is 0. The average Bonchev–Trinajstić information content (AvgIpc) is 2.58. The van der Waals surface area contributed by atoms with Crippen molar-refractivity contribution in [2.24, 2.45) is 0 Å². The zero-order chi connectivity index (χ0) is 18.8. The summed E-state index contributed by atoms with van der Waals surface area (Å²) in [6, 6.07) is 13.7. The van der Waals surface area contributed by atoms with Crippen LogP contribution in [0, 0.1) is 0 Å². The lowest BCUT2D eigenvalue weighted by Gasteiger charge is -2.13. The maximum absolute atomic E-state index is 12.6. The summed E-state index contributed by atoms with van der Waals surface area (Å²) >= 11 is 29.5. The fourth-order valence-electron chi connectivity index (χ4n) is 2.45. The molecule has 0 fully saturated rings. The van der Waals surface area contributed by atoms with E-state index in [4.69, 9.17) is 58.6 Å². The van der Waals surface area contributed by atoms with Crippen LogP contribution >= 0.6 is 58.6 Å². The summed E-state index contributed by atoms with van der Waals surface area (Å²) in [5.41, 5.74) is 0.812. The van der Waals surface area contributed by atoms with Crippen LogP contribution in [0.4, 0.5) is 5.69 Å². The van der Waals surface area contributed by atoms with Crippen molar-refractivity contribution in [2.75, 3.05) is 5.32 Å². The minimum atomic E-state index is -0.378. The molecule has 0 aromatic heterocycles. The van der Waals surface area contributed by atoms with Gasteiger partial charge in [-0.2, -0.15) is 0 Å². The third-order valence-electron chi connectivity index (χ3n) is 3.59. The second kappa shape index (κ2) is 7.99. The van der Waals surface area contributed by atoms with E-state index in [2.05, 4.69) is 10.6 Å². The van der Waals surface area contributed by atoms with E-state index < -0.39 is 0 Å². The van der Waals surface area contributed by atoms with E-state index in [1.165, 1.54) is 12.1 Å². The molecule has 1 amide bonds. The van der Waals surface area contributed by atoms with Crippen molar-refractivity contribution < 1.29 is 4.79 Å². The van der Waals surface area contributed by atoms with E-state index in [0.717, 1.165) is 10.8 Å². The van der Waals surface area contributed by atoms with Crippen LogP contribution in [0.3, 0.4) is 0 Å².